The highest BCUT2D eigenvalue weighted by molar-refractivity contribution is 6.08. The van der Waals surface area contributed by atoms with Gasteiger partial charge < -0.3 is 5.73 Å². The van der Waals surface area contributed by atoms with Crippen LogP contribution in [0.4, 0.5) is 0 Å². The Bertz CT molecular complexity index is 587. The van der Waals surface area contributed by atoms with Crippen molar-refractivity contribution in [2.75, 3.05) is 0 Å². The second kappa shape index (κ2) is 6.62. The number of nitrogens with zero attached hydrogens (tertiary/aromatic N) is 1. The molecule has 0 fully saturated rings. The number of hydrogen-bond acceptors (Lipinski definition) is 3. The van der Waals surface area contributed by atoms with Gasteiger partial charge >= 0.3 is 0 Å². The third kappa shape index (κ3) is 3.42. The summed E-state index contributed by atoms with van der Waals surface area (Å²) in [7, 11) is 0. The molecule has 0 aliphatic carbocycles. The number of pyridine rings is 1. The van der Waals surface area contributed by atoms with E-state index in [-0.39, 0.29) is 17.7 Å². The van der Waals surface area contributed by atoms with Gasteiger partial charge in [0.2, 0.25) is 0 Å². The highest BCUT2D eigenvalue weighted by Gasteiger charge is 2.17. The average molecular weight is 270 g/mol. The van der Waals surface area contributed by atoms with Gasteiger partial charge in [0.15, 0.2) is 5.78 Å². The second-order valence-electron chi connectivity index (χ2n) is 5.55. The molecule has 2 unspecified atom stereocenters. The molecule has 0 aliphatic heterocycles. The fourth-order valence-electron chi connectivity index (χ4n) is 2.46. The van der Waals surface area contributed by atoms with Gasteiger partial charge in [-0.1, -0.05) is 31.5 Å². The minimum Gasteiger partial charge on any atom is -0.328 e. The maximum atomic E-state index is 12.6. The molecule has 0 bridgehead atoms. The van der Waals surface area contributed by atoms with Crippen LogP contribution in [0, 0.1) is 5.92 Å². The van der Waals surface area contributed by atoms with Crippen LogP contribution in [0.25, 0.3) is 10.9 Å². The molecule has 0 radical (unpaired) electrons. The smallest absolute Gasteiger partial charge is 0.166 e. The van der Waals surface area contributed by atoms with Crippen LogP contribution in [0.2, 0.25) is 0 Å². The number of ketones is 1. The molecule has 1 aromatic carbocycles. The molecule has 2 rings (SSSR count). The van der Waals surface area contributed by atoms with E-state index in [0.29, 0.717) is 0 Å². The van der Waals surface area contributed by atoms with Gasteiger partial charge in [-0.05, 0) is 31.9 Å². The van der Waals surface area contributed by atoms with E-state index < -0.39 is 0 Å². The Kier molecular flexibility index (Phi) is 4.85. The van der Waals surface area contributed by atoms with E-state index in [1.54, 1.807) is 6.20 Å². The molecule has 20 heavy (non-hydrogen) atoms. The van der Waals surface area contributed by atoms with E-state index in [9.17, 15) is 4.79 Å². The Balaban J connectivity index is 2.14. The minimum atomic E-state index is 0.0274. The second-order valence-corrected chi connectivity index (χ2v) is 5.55. The molecule has 3 nitrogen and oxygen atoms in total. The zero-order valence-electron chi connectivity index (χ0n) is 12.2. The Morgan fingerprint density at radius 2 is 2.00 bits per heavy atom. The number of nitrogens with two attached hydrogens (primary N) is 1. The molecular formula is C17H22N2O. The summed E-state index contributed by atoms with van der Waals surface area (Å²) < 4.78 is 0. The SMILES string of the molecule is CC(N)CCCC(C)C(=O)c1cccc2ncccc12. The Hall–Kier alpha value is -1.74. The van der Waals surface area contributed by atoms with Gasteiger partial charge in [0.25, 0.3) is 0 Å². The zero-order valence-corrected chi connectivity index (χ0v) is 12.2. The van der Waals surface area contributed by atoms with Crippen LogP contribution in [-0.2, 0) is 0 Å². The minimum absolute atomic E-state index is 0.0274. The Labute approximate surface area is 120 Å². The molecule has 0 spiro atoms. The van der Waals surface area contributed by atoms with Gasteiger partial charge in [0.05, 0.1) is 5.52 Å². The summed E-state index contributed by atoms with van der Waals surface area (Å²) in [6.45, 7) is 4.00. The van der Waals surface area contributed by atoms with Gasteiger partial charge in [0, 0.05) is 29.1 Å². The lowest BCUT2D eigenvalue weighted by atomic mass is 9.92. The average Bonchev–Trinajstić information content (AvgIpc) is 2.45. The number of rotatable bonds is 6. The summed E-state index contributed by atoms with van der Waals surface area (Å²) in [4.78, 5) is 16.9. The Morgan fingerprint density at radius 3 is 2.75 bits per heavy atom. The first-order chi connectivity index (χ1) is 9.59. The van der Waals surface area contributed by atoms with Gasteiger partial charge in [-0.15, -0.1) is 0 Å². The van der Waals surface area contributed by atoms with Crippen molar-refractivity contribution >= 4 is 16.7 Å². The molecule has 0 saturated carbocycles. The van der Waals surface area contributed by atoms with E-state index in [4.69, 9.17) is 5.73 Å². The zero-order chi connectivity index (χ0) is 14.5. The first-order valence-corrected chi connectivity index (χ1v) is 7.23. The van der Waals surface area contributed by atoms with Crippen LogP contribution in [-0.4, -0.2) is 16.8 Å². The molecule has 0 saturated heterocycles. The van der Waals surface area contributed by atoms with Crippen molar-refractivity contribution in [3.05, 3.63) is 42.1 Å². The van der Waals surface area contributed by atoms with Gasteiger partial charge in [0.1, 0.15) is 0 Å². The third-order valence-electron chi connectivity index (χ3n) is 3.66. The quantitative estimate of drug-likeness (QED) is 0.816. The van der Waals surface area contributed by atoms with Crippen LogP contribution in [0.1, 0.15) is 43.5 Å². The van der Waals surface area contributed by atoms with E-state index in [1.165, 1.54) is 0 Å². The van der Waals surface area contributed by atoms with E-state index >= 15 is 0 Å². The summed E-state index contributed by atoms with van der Waals surface area (Å²) in [5.74, 6) is 0.229. The van der Waals surface area contributed by atoms with Crippen LogP contribution >= 0.6 is 0 Å². The number of benzene rings is 1. The van der Waals surface area contributed by atoms with E-state index in [0.717, 1.165) is 35.7 Å². The van der Waals surface area contributed by atoms with Crippen molar-refractivity contribution in [3.63, 3.8) is 0 Å². The first-order valence-electron chi connectivity index (χ1n) is 7.23. The summed E-state index contributed by atoms with van der Waals surface area (Å²) >= 11 is 0. The molecule has 1 aromatic heterocycles. The molecule has 0 amide bonds. The predicted molar refractivity (Wildman–Crippen MR) is 82.7 cm³/mol. The van der Waals surface area contributed by atoms with Crippen molar-refractivity contribution in [1.29, 1.82) is 0 Å². The van der Waals surface area contributed by atoms with Crippen LogP contribution in [0.15, 0.2) is 36.5 Å². The number of carbonyl (C=O) groups excluding carboxylic acids is 1. The predicted octanol–water partition coefficient (Wildman–Crippen LogP) is 3.57. The summed E-state index contributed by atoms with van der Waals surface area (Å²) in [5, 5.41) is 0.944. The maximum Gasteiger partial charge on any atom is 0.166 e. The molecule has 3 heteroatoms. The molecule has 0 aliphatic rings. The van der Waals surface area contributed by atoms with Gasteiger partial charge in [-0.3, -0.25) is 9.78 Å². The van der Waals surface area contributed by atoms with Crippen molar-refractivity contribution in [2.24, 2.45) is 11.7 Å². The number of carbonyl (C=O) groups is 1. The standard InChI is InChI=1S/C17H22N2O/c1-12(6-3-7-13(2)18)17(20)15-8-4-10-16-14(15)9-5-11-19-16/h4-5,8-13H,3,6-7,18H2,1-2H3. The number of hydrogen-bond donors (Lipinski definition) is 1. The van der Waals surface area contributed by atoms with Crippen LogP contribution in [0.3, 0.4) is 0 Å². The number of aromatic nitrogens is 1. The highest BCUT2D eigenvalue weighted by atomic mass is 16.1. The first kappa shape index (κ1) is 14.7. The fraction of sp³-hybridized carbons (Fsp3) is 0.412. The summed E-state index contributed by atoms with van der Waals surface area (Å²) in [6, 6.07) is 9.78. The largest absolute Gasteiger partial charge is 0.328 e. The van der Waals surface area contributed by atoms with Crippen molar-refractivity contribution in [1.82, 2.24) is 4.98 Å². The molecule has 1 heterocycles. The number of Topliss-reactive ketones (excluding diaryl/α,β-unsaturated/α-hetero) is 1. The lowest BCUT2D eigenvalue weighted by Crippen LogP contribution is -2.16. The Morgan fingerprint density at radius 1 is 1.20 bits per heavy atom. The van der Waals surface area contributed by atoms with Crippen molar-refractivity contribution in [2.45, 2.75) is 39.2 Å². The fourth-order valence-corrected chi connectivity index (χ4v) is 2.46. The lowest BCUT2D eigenvalue weighted by molar-refractivity contribution is 0.0923. The molecule has 2 N–H and O–H groups in total. The van der Waals surface area contributed by atoms with E-state index in [1.807, 2.05) is 44.2 Å². The molecule has 106 valence electrons. The van der Waals surface area contributed by atoms with Crippen LogP contribution < -0.4 is 5.73 Å². The molecular weight excluding hydrogens is 248 g/mol. The monoisotopic (exact) mass is 270 g/mol. The van der Waals surface area contributed by atoms with E-state index in [2.05, 4.69) is 4.98 Å². The molecule has 2 atom stereocenters. The topological polar surface area (TPSA) is 56.0 Å². The van der Waals surface area contributed by atoms with Crippen molar-refractivity contribution < 1.29 is 4.79 Å². The van der Waals surface area contributed by atoms with Crippen LogP contribution in [0.5, 0.6) is 0 Å². The normalized spacial score (nSPS) is 14.2. The maximum absolute atomic E-state index is 12.6. The third-order valence-corrected chi connectivity index (χ3v) is 3.66. The summed E-state index contributed by atoms with van der Waals surface area (Å²) in [6.07, 6.45) is 4.60. The highest BCUT2D eigenvalue weighted by Crippen LogP contribution is 2.22. The lowest BCUT2D eigenvalue weighted by Gasteiger charge is -2.13. The van der Waals surface area contributed by atoms with Gasteiger partial charge in [-0.2, -0.15) is 0 Å². The van der Waals surface area contributed by atoms with Crippen molar-refractivity contribution in [3.8, 4) is 0 Å². The molecule has 2 aromatic rings. The number of fused-ring (bicyclic) bond motifs is 1. The van der Waals surface area contributed by atoms with Gasteiger partial charge in [-0.25, -0.2) is 0 Å². The summed E-state index contributed by atoms with van der Waals surface area (Å²) in [5.41, 5.74) is 7.40.